The molecule has 3 heterocycles. The van der Waals surface area contributed by atoms with Gasteiger partial charge in [0, 0.05) is 38.4 Å². The molecule has 1 fully saturated rings. The first-order valence-electron chi connectivity index (χ1n) is 9.34. The lowest BCUT2D eigenvalue weighted by Gasteiger charge is -2.34. The van der Waals surface area contributed by atoms with Crippen LogP contribution in [0.3, 0.4) is 0 Å². The second kappa shape index (κ2) is 8.14. The highest BCUT2D eigenvalue weighted by molar-refractivity contribution is 7.89. The van der Waals surface area contributed by atoms with Crippen molar-refractivity contribution in [3.8, 4) is 0 Å². The highest BCUT2D eigenvalue weighted by atomic mass is 32.2. The number of nitrogens with zero attached hydrogens (tertiary/aromatic N) is 5. The summed E-state index contributed by atoms with van der Waals surface area (Å²) in [4.78, 5) is 15.2. The van der Waals surface area contributed by atoms with E-state index in [1.165, 1.54) is 10.6 Å². The predicted molar refractivity (Wildman–Crippen MR) is 112 cm³/mol. The largest absolute Gasteiger partial charge is 0.354 e. The van der Waals surface area contributed by atoms with Crippen molar-refractivity contribution >= 4 is 27.5 Å². The fraction of sp³-hybridized carbons (Fsp3) is 0.250. The van der Waals surface area contributed by atoms with Crippen molar-refractivity contribution in [2.45, 2.75) is 11.8 Å². The van der Waals surface area contributed by atoms with Crippen LogP contribution in [0.4, 0.5) is 17.5 Å². The molecule has 9 heteroatoms. The highest BCUT2D eigenvalue weighted by Crippen LogP contribution is 2.22. The quantitative estimate of drug-likeness (QED) is 0.691. The van der Waals surface area contributed by atoms with E-state index < -0.39 is 10.0 Å². The summed E-state index contributed by atoms with van der Waals surface area (Å²) in [5.74, 6) is 2.10. The molecule has 0 bridgehead atoms. The van der Waals surface area contributed by atoms with Crippen LogP contribution in [0.5, 0.6) is 0 Å². The molecule has 0 radical (unpaired) electrons. The van der Waals surface area contributed by atoms with Gasteiger partial charge in [-0.3, -0.25) is 0 Å². The van der Waals surface area contributed by atoms with E-state index in [2.05, 4.69) is 25.2 Å². The maximum Gasteiger partial charge on any atom is 0.243 e. The molecule has 0 atom stereocenters. The summed E-state index contributed by atoms with van der Waals surface area (Å²) >= 11 is 0. The van der Waals surface area contributed by atoms with E-state index in [9.17, 15) is 8.42 Å². The zero-order valence-corrected chi connectivity index (χ0v) is 16.9. The van der Waals surface area contributed by atoms with Gasteiger partial charge in [0.2, 0.25) is 10.0 Å². The van der Waals surface area contributed by atoms with E-state index >= 15 is 0 Å². The third-order valence-corrected chi connectivity index (χ3v) is 6.66. The van der Waals surface area contributed by atoms with Crippen LogP contribution >= 0.6 is 0 Å². The lowest BCUT2D eigenvalue weighted by Crippen LogP contribution is -2.48. The van der Waals surface area contributed by atoms with Gasteiger partial charge < -0.3 is 10.2 Å². The standard InChI is InChI=1S/C20H22N6O2S/c1-16-5-4-6-17(13-16)29(27,28)26-11-9-25(10-12-26)20-14-19(22-15-23-20)24-18-7-2-3-8-21-18/h2-8,13-15H,9-12H2,1H3,(H,21,22,23,24). The van der Waals surface area contributed by atoms with Crippen LogP contribution in [0.2, 0.25) is 0 Å². The van der Waals surface area contributed by atoms with Gasteiger partial charge in [-0.15, -0.1) is 0 Å². The van der Waals surface area contributed by atoms with E-state index in [0.717, 1.165) is 11.4 Å². The molecule has 2 aromatic heterocycles. The number of aryl methyl sites for hydroxylation is 1. The zero-order chi connectivity index (χ0) is 20.3. The van der Waals surface area contributed by atoms with E-state index in [1.54, 1.807) is 24.4 Å². The molecule has 0 spiro atoms. The number of hydrogen-bond donors (Lipinski definition) is 1. The molecule has 1 saturated heterocycles. The maximum absolute atomic E-state index is 12.9. The van der Waals surface area contributed by atoms with E-state index in [1.807, 2.05) is 37.3 Å². The molecule has 0 amide bonds. The van der Waals surface area contributed by atoms with Gasteiger partial charge in [-0.1, -0.05) is 18.2 Å². The topological polar surface area (TPSA) is 91.3 Å². The molecule has 4 rings (SSSR count). The average molecular weight is 411 g/mol. The molecule has 0 aliphatic carbocycles. The summed E-state index contributed by atoms with van der Waals surface area (Å²) in [6.07, 6.45) is 3.20. The average Bonchev–Trinajstić information content (AvgIpc) is 2.75. The van der Waals surface area contributed by atoms with Crippen molar-refractivity contribution in [3.63, 3.8) is 0 Å². The van der Waals surface area contributed by atoms with E-state index in [-0.39, 0.29) is 0 Å². The van der Waals surface area contributed by atoms with Crippen LogP contribution in [-0.2, 0) is 10.0 Å². The second-order valence-electron chi connectivity index (χ2n) is 6.81. The number of pyridine rings is 1. The third kappa shape index (κ3) is 4.36. The Morgan fingerprint density at radius 1 is 0.897 bits per heavy atom. The molecule has 3 aromatic rings. The fourth-order valence-electron chi connectivity index (χ4n) is 3.24. The summed E-state index contributed by atoms with van der Waals surface area (Å²) < 4.78 is 27.3. The summed E-state index contributed by atoms with van der Waals surface area (Å²) in [6.45, 7) is 3.82. The van der Waals surface area contributed by atoms with Crippen LogP contribution in [0, 0.1) is 6.92 Å². The SMILES string of the molecule is Cc1cccc(S(=O)(=O)N2CCN(c3cc(Nc4ccccn4)ncn3)CC2)c1. The maximum atomic E-state index is 12.9. The van der Waals surface area contributed by atoms with E-state index in [4.69, 9.17) is 0 Å². The molecule has 29 heavy (non-hydrogen) atoms. The number of aromatic nitrogens is 3. The van der Waals surface area contributed by atoms with Gasteiger partial charge in [0.25, 0.3) is 0 Å². The van der Waals surface area contributed by atoms with Crippen molar-refractivity contribution in [3.05, 3.63) is 66.6 Å². The molecule has 0 saturated carbocycles. The Balaban J connectivity index is 1.44. The number of piperazine rings is 1. The van der Waals surface area contributed by atoms with Crippen molar-refractivity contribution in [1.29, 1.82) is 0 Å². The normalized spacial score (nSPS) is 15.3. The van der Waals surface area contributed by atoms with Crippen LogP contribution in [0.25, 0.3) is 0 Å². The fourth-order valence-corrected chi connectivity index (χ4v) is 4.77. The minimum absolute atomic E-state index is 0.342. The smallest absolute Gasteiger partial charge is 0.243 e. The first-order chi connectivity index (χ1) is 14.0. The molecular formula is C20H22N6O2S. The number of benzene rings is 1. The molecule has 0 unspecified atom stereocenters. The van der Waals surface area contributed by atoms with Gasteiger partial charge in [-0.2, -0.15) is 4.31 Å². The second-order valence-corrected chi connectivity index (χ2v) is 8.75. The zero-order valence-electron chi connectivity index (χ0n) is 16.1. The predicted octanol–water partition coefficient (Wildman–Crippen LogP) is 2.43. The Bertz CT molecular complexity index is 1080. The molecule has 1 aromatic carbocycles. The summed E-state index contributed by atoms with van der Waals surface area (Å²) in [5.41, 5.74) is 0.929. The van der Waals surface area contributed by atoms with Crippen molar-refractivity contribution in [1.82, 2.24) is 19.3 Å². The molecule has 8 nitrogen and oxygen atoms in total. The first kappa shape index (κ1) is 19.3. The van der Waals surface area contributed by atoms with Gasteiger partial charge in [0.15, 0.2) is 0 Å². The van der Waals surface area contributed by atoms with E-state index in [0.29, 0.717) is 42.7 Å². The number of nitrogens with one attached hydrogen (secondary N) is 1. The molecule has 1 aliphatic rings. The minimum atomic E-state index is -3.49. The van der Waals surface area contributed by atoms with Crippen molar-refractivity contribution in [2.75, 3.05) is 36.4 Å². The summed E-state index contributed by atoms with van der Waals surface area (Å²) in [6, 6.07) is 14.5. The van der Waals surface area contributed by atoms with Crippen molar-refractivity contribution in [2.24, 2.45) is 0 Å². The Kier molecular flexibility index (Phi) is 5.41. The summed E-state index contributed by atoms with van der Waals surface area (Å²) in [7, 11) is -3.49. The lowest BCUT2D eigenvalue weighted by atomic mass is 10.2. The Morgan fingerprint density at radius 3 is 2.45 bits per heavy atom. The Labute approximate surface area is 170 Å². The molecular weight excluding hydrogens is 388 g/mol. The monoisotopic (exact) mass is 410 g/mol. The molecule has 150 valence electrons. The molecule has 1 aliphatic heterocycles. The molecule has 1 N–H and O–H groups in total. The van der Waals surface area contributed by atoms with Gasteiger partial charge in [0.1, 0.15) is 23.8 Å². The Morgan fingerprint density at radius 2 is 1.72 bits per heavy atom. The number of hydrogen-bond acceptors (Lipinski definition) is 7. The third-order valence-electron chi connectivity index (χ3n) is 4.76. The van der Waals surface area contributed by atoms with Gasteiger partial charge in [-0.05, 0) is 36.8 Å². The minimum Gasteiger partial charge on any atom is -0.354 e. The highest BCUT2D eigenvalue weighted by Gasteiger charge is 2.29. The lowest BCUT2D eigenvalue weighted by molar-refractivity contribution is 0.383. The number of anilines is 3. The van der Waals surface area contributed by atoms with Crippen LogP contribution in [-0.4, -0.2) is 53.9 Å². The number of sulfonamides is 1. The van der Waals surface area contributed by atoms with Gasteiger partial charge in [-0.25, -0.2) is 23.4 Å². The Hall–Kier alpha value is -3.04. The van der Waals surface area contributed by atoms with Crippen LogP contribution in [0.15, 0.2) is 66.0 Å². The first-order valence-corrected chi connectivity index (χ1v) is 10.8. The van der Waals surface area contributed by atoms with Crippen LogP contribution in [0.1, 0.15) is 5.56 Å². The van der Waals surface area contributed by atoms with Gasteiger partial charge >= 0.3 is 0 Å². The summed E-state index contributed by atoms with van der Waals surface area (Å²) in [5, 5.41) is 3.15. The van der Waals surface area contributed by atoms with Crippen LogP contribution < -0.4 is 10.2 Å². The van der Waals surface area contributed by atoms with Crippen molar-refractivity contribution < 1.29 is 8.42 Å². The number of rotatable bonds is 5. The van der Waals surface area contributed by atoms with Gasteiger partial charge in [0.05, 0.1) is 4.90 Å².